The fourth-order valence-electron chi connectivity index (χ4n) is 4.04. The summed E-state index contributed by atoms with van der Waals surface area (Å²) in [5.74, 6) is 1.31. The molecule has 6 nitrogen and oxygen atoms in total. The molecule has 2 aromatic heterocycles. The number of hydrogen-bond donors (Lipinski definition) is 0. The Balaban J connectivity index is 1.26. The maximum absolute atomic E-state index is 13.5. The number of anilines is 2. The van der Waals surface area contributed by atoms with Gasteiger partial charge in [0.05, 0.1) is 5.56 Å². The van der Waals surface area contributed by atoms with Gasteiger partial charge in [0, 0.05) is 43.6 Å². The van der Waals surface area contributed by atoms with Crippen LogP contribution in [0.25, 0.3) is 22.8 Å². The molecule has 1 saturated heterocycles. The first kappa shape index (κ1) is 20.2. The van der Waals surface area contributed by atoms with Gasteiger partial charge in [-0.05, 0) is 55.3 Å². The number of aryl methyl sites for hydroxylation is 1. The van der Waals surface area contributed by atoms with Crippen molar-refractivity contribution in [2.45, 2.75) is 13.8 Å². The van der Waals surface area contributed by atoms with E-state index in [1.165, 1.54) is 28.9 Å². The zero-order chi connectivity index (χ0) is 22.1. The molecule has 0 bridgehead atoms. The molecule has 32 heavy (non-hydrogen) atoms. The van der Waals surface area contributed by atoms with Gasteiger partial charge in [-0.15, -0.1) is 0 Å². The van der Waals surface area contributed by atoms with Gasteiger partial charge < -0.3 is 14.3 Å². The molecule has 0 saturated carbocycles. The average molecular weight is 429 g/mol. The molecule has 0 unspecified atom stereocenters. The number of piperazine rings is 1. The summed E-state index contributed by atoms with van der Waals surface area (Å²) in [4.78, 5) is 13.7. The van der Waals surface area contributed by atoms with Gasteiger partial charge in [0.2, 0.25) is 5.82 Å². The Morgan fingerprint density at radius 1 is 0.875 bits per heavy atom. The van der Waals surface area contributed by atoms with Crippen molar-refractivity contribution in [2.24, 2.45) is 0 Å². The number of hydrogen-bond acceptors (Lipinski definition) is 6. The minimum atomic E-state index is -0.336. The SMILES string of the molecule is Cc1cccc(N2CCN(c3ccc(-c4nc(-c5cccc(F)c5)no4)cn3)CC2)c1C. The van der Waals surface area contributed by atoms with Crippen LogP contribution in [0.1, 0.15) is 11.1 Å². The highest BCUT2D eigenvalue weighted by atomic mass is 19.1. The summed E-state index contributed by atoms with van der Waals surface area (Å²) in [5, 5.41) is 3.97. The van der Waals surface area contributed by atoms with E-state index in [4.69, 9.17) is 4.52 Å². The van der Waals surface area contributed by atoms with E-state index < -0.39 is 0 Å². The van der Waals surface area contributed by atoms with Crippen LogP contribution in [0.15, 0.2) is 65.3 Å². The summed E-state index contributed by atoms with van der Waals surface area (Å²) >= 11 is 0. The quantitative estimate of drug-likeness (QED) is 0.461. The van der Waals surface area contributed by atoms with Crippen LogP contribution in [0.3, 0.4) is 0 Å². The molecule has 1 fully saturated rings. The van der Waals surface area contributed by atoms with Crippen molar-refractivity contribution in [1.82, 2.24) is 15.1 Å². The first-order valence-corrected chi connectivity index (χ1v) is 10.7. The second-order valence-electron chi connectivity index (χ2n) is 8.03. The van der Waals surface area contributed by atoms with Crippen LogP contribution in [-0.4, -0.2) is 41.3 Å². The van der Waals surface area contributed by atoms with Crippen molar-refractivity contribution in [1.29, 1.82) is 0 Å². The Bertz CT molecular complexity index is 1230. The second kappa shape index (κ2) is 8.42. The van der Waals surface area contributed by atoms with E-state index >= 15 is 0 Å². The highest BCUT2D eigenvalue weighted by Gasteiger charge is 2.20. The van der Waals surface area contributed by atoms with Gasteiger partial charge in [-0.3, -0.25) is 0 Å². The van der Waals surface area contributed by atoms with Gasteiger partial charge in [-0.1, -0.05) is 29.4 Å². The molecule has 3 heterocycles. The molecule has 0 N–H and O–H groups in total. The minimum absolute atomic E-state index is 0.336. The number of pyridine rings is 1. The van der Waals surface area contributed by atoms with E-state index in [1.54, 1.807) is 18.3 Å². The summed E-state index contributed by atoms with van der Waals surface area (Å²) in [6.07, 6.45) is 1.75. The number of rotatable bonds is 4. The van der Waals surface area contributed by atoms with E-state index in [-0.39, 0.29) is 5.82 Å². The number of benzene rings is 2. The Kier molecular flexibility index (Phi) is 5.31. The Labute approximate surface area is 186 Å². The number of aromatic nitrogens is 3. The van der Waals surface area contributed by atoms with Crippen LogP contribution < -0.4 is 9.80 Å². The Morgan fingerprint density at radius 2 is 1.66 bits per heavy atom. The third-order valence-corrected chi connectivity index (χ3v) is 6.02. The summed E-state index contributed by atoms with van der Waals surface area (Å²) in [6.45, 7) is 8.07. The van der Waals surface area contributed by atoms with Crippen molar-refractivity contribution in [3.05, 3.63) is 77.7 Å². The van der Waals surface area contributed by atoms with Crippen molar-refractivity contribution in [3.63, 3.8) is 0 Å². The lowest BCUT2D eigenvalue weighted by atomic mass is 10.1. The maximum atomic E-state index is 13.5. The molecule has 0 radical (unpaired) electrons. The van der Waals surface area contributed by atoms with Gasteiger partial charge >= 0.3 is 0 Å². The molecular formula is C25H24FN5O. The zero-order valence-corrected chi connectivity index (χ0v) is 18.1. The van der Waals surface area contributed by atoms with E-state index in [2.05, 4.69) is 57.0 Å². The molecule has 5 rings (SSSR count). The fraction of sp³-hybridized carbons (Fsp3) is 0.240. The molecule has 7 heteroatoms. The summed E-state index contributed by atoms with van der Waals surface area (Å²) < 4.78 is 18.8. The van der Waals surface area contributed by atoms with Crippen LogP contribution in [0.4, 0.5) is 15.9 Å². The van der Waals surface area contributed by atoms with Gasteiger partial charge in [0.25, 0.3) is 5.89 Å². The maximum Gasteiger partial charge on any atom is 0.259 e. The summed E-state index contributed by atoms with van der Waals surface area (Å²) in [6, 6.07) is 16.5. The van der Waals surface area contributed by atoms with Gasteiger partial charge in [-0.25, -0.2) is 9.37 Å². The molecule has 0 spiro atoms. The van der Waals surface area contributed by atoms with Crippen molar-refractivity contribution in [2.75, 3.05) is 36.0 Å². The largest absolute Gasteiger partial charge is 0.368 e. The predicted molar refractivity (Wildman–Crippen MR) is 123 cm³/mol. The first-order chi connectivity index (χ1) is 15.6. The zero-order valence-electron chi connectivity index (χ0n) is 18.1. The van der Waals surface area contributed by atoms with Crippen molar-refractivity contribution in [3.8, 4) is 22.8 Å². The Morgan fingerprint density at radius 3 is 2.41 bits per heavy atom. The number of halogens is 1. The van der Waals surface area contributed by atoms with Crippen LogP contribution in [0.2, 0.25) is 0 Å². The van der Waals surface area contributed by atoms with Crippen molar-refractivity contribution >= 4 is 11.5 Å². The van der Waals surface area contributed by atoms with Gasteiger partial charge in [-0.2, -0.15) is 4.98 Å². The first-order valence-electron chi connectivity index (χ1n) is 10.7. The molecular weight excluding hydrogens is 405 g/mol. The molecule has 1 aliphatic heterocycles. The summed E-state index contributed by atoms with van der Waals surface area (Å²) in [7, 11) is 0. The standard InChI is InChI=1S/C25H24FN5O/c1-17-5-3-8-22(18(17)2)30-11-13-31(14-12-30)23-10-9-20(16-27-23)25-28-24(29-32-25)19-6-4-7-21(26)15-19/h3-10,15-16H,11-14H2,1-2H3. The van der Waals surface area contributed by atoms with Crippen LogP contribution in [0.5, 0.6) is 0 Å². The smallest absolute Gasteiger partial charge is 0.259 e. The van der Waals surface area contributed by atoms with Crippen LogP contribution >= 0.6 is 0 Å². The van der Waals surface area contributed by atoms with Crippen molar-refractivity contribution < 1.29 is 8.91 Å². The van der Waals surface area contributed by atoms with E-state index in [1.807, 2.05) is 12.1 Å². The van der Waals surface area contributed by atoms with E-state index in [0.29, 0.717) is 17.3 Å². The van der Waals surface area contributed by atoms with Gasteiger partial charge in [0.1, 0.15) is 11.6 Å². The lowest BCUT2D eigenvalue weighted by molar-refractivity contribution is 0.432. The molecule has 162 valence electrons. The summed E-state index contributed by atoms with van der Waals surface area (Å²) in [5.41, 5.74) is 5.30. The molecule has 2 aromatic carbocycles. The fourth-order valence-corrected chi connectivity index (χ4v) is 4.04. The van der Waals surface area contributed by atoms with Crippen LogP contribution in [0, 0.1) is 19.7 Å². The molecule has 4 aromatic rings. The monoisotopic (exact) mass is 429 g/mol. The number of nitrogens with zero attached hydrogens (tertiary/aromatic N) is 5. The highest BCUT2D eigenvalue weighted by molar-refractivity contribution is 5.61. The predicted octanol–water partition coefficient (Wildman–Crippen LogP) is 4.88. The normalized spacial score (nSPS) is 14.1. The lowest BCUT2D eigenvalue weighted by Gasteiger charge is -2.37. The molecule has 0 amide bonds. The molecule has 0 atom stereocenters. The van der Waals surface area contributed by atoms with Gasteiger partial charge in [0.15, 0.2) is 0 Å². The third-order valence-electron chi connectivity index (χ3n) is 6.02. The van der Waals surface area contributed by atoms with E-state index in [9.17, 15) is 4.39 Å². The molecule has 0 aliphatic carbocycles. The third kappa shape index (κ3) is 3.93. The minimum Gasteiger partial charge on any atom is -0.368 e. The topological polar surface area (TPSA) is 58.3 Å². The van der Waals surface area contributed by atoms with Crippen LogP contribution in [-0.2, 0) is 0 Å². The highest BCUT2D eigenvalue weighted by Crippen LogP contribution is 2.26. The Hall–Kier alpha value is -3.74. The lowest BCUT2D eigenvalue weighted by Crippen LogP contribution is -2.47. The molecule has 1 aliphatic rings. The second-order valence-corrected chi connectivity index (χ2v) is 8.03. The van der Waals surface area contributed by atoms with E-state index in [0.717, 1.165) is 37.6 Å². The average Bonchev–Trinajstić information content (AvgIpc) is 3.32.